The number of hydrogen-bond acceptors (Lipinski definition) is 1. The summed E-state index contributed by atoms with van der Waals surface area (Å²) in [6.07, 6.45) is 2.84. The van der Waals surface area contributed by atoms with Gasteiger partial charge >= 0.3 is 0 Å². The monoisotopic (exact) mass is 444 g/mol. The highest BCUT2D eigenvalue weighted by atomic mass is 79.9. The number of aryl methyl sites for hydroxylation is 1. The van der Waals surface area contributed by atoms with E-state index >= 15 is 0 Å². The third-order valence-corrected chi connectivity index (χ3v) is 5.35. The second-order valence-corrected chi connectivity index (χ2v) is 7.83. The van der Waals surface area contributed by atoms with Gasteiger partial charge in [-0.05, 0) is 61.7 Å². The minimum atomic E-state index is 0.606. The molecule has 0 saturated heterocycles. The molecule has 3 aromatic rings. The molecular formula is C18H16BrCl3N2. The molecule has 3 rings (SSSR count). The highest BCUT2D eigenvalue weighted by Gasteiger charge is 2.17. The van der Waals surface area contributed by atoms with Crippen LogP contribution >= 0.6 is 50.7 Å². The summed E-state index contributed by atoms with van der Waals surface area (Å²) in [5.41, 5.74) is 9.62. The summed E-state index contributed by atoms with van der Waals surface area (Å²) in [4.78, 5) is 3.44. The zero-order valence-corrected chi connectivity index (χ0v) is 16.7. The van der Waals surface area contributed by atoms with Crippen LogP contribution in [0, 0.1) is 0 Å². The number of rotatable bonds is 5. The second-order valence-electron chi connectivity index (χ2n) is 5.66. The van der Waals surface area contributed by atoms with E-state index in [1.54, 1.807) is 6.07 Å². The SMILES string of the molecule is NCCCCc1c(-c2cc(Br)ccc2Cl)[nH]c2c(Cl)cc(Cl)cc12. The normalized spacial score (nSPS) is 11.4. The van der Waals surface area contributed by atoms with Gasteiger partial charge in [0, 0.05) is 25.5 Å². The topological polar surface area (TPSA) is 41.8 Å². The molecule has 0 bridgehead atoms. The van der Waals surface area contributed by atoms with E-state index in [1.807, 2.05) is 24.3 Å². The summed E-state index contributed by atoms with van der Waals surface area (Å²) >= 11 is 22.6. The molecule has 0 atom stereocenters. The van der Waals surface area contributed by atoms with Crippen LogP contribution in [0.1, 0.15) is 18.4 Å². The van der Waals surface area contributed by atoms with E-state index in [4.69, 9.17) is 40.5 Å². The molecule has 0 saturated carbocycles. The largest absolute Gasteiger partial charge is 0.353 e. The number of unbranched alkanes of at least 4 members (excludes halogenated alkanes) is 1. The predicted molar refractivity (Wildman–Crippen MR) is 108 cm³/mol. The number of H-pyrrole nitrogens is 1. The maximum atomic E-state index is 6.44. The molecule has 126 valence electrons. The lowest BCUT2D eigenvalue weighted by Gasteiger charge is -2.08. The molecule has 0 radical (unpaired) electrons. The van der Waals surface area contributed by atoms with Crippen LogP contribution < -0.4 is 5.73 Å². The molecule has 2 nitrogen and oxygen atoms in total. The summed E-state index contributed by atoms with van der Waals surface area (Å²) < 4.78 is 0.970. The molecule has 0 aliphatic rings. The Balaban J connectivity index is 2.23. The number of aromatic nitrogens is 1. The first-order valence-corrected chi connectivity index (χ1v) is 9.59. The van der Waals surface area contributed by atoms with Crippen molar-refractivity contribution in [3.63, 3.8) is 0 Å². The molecule has 1 heterocycles. The Morgan fingerprint density at radius 1 is 1.00 bits per heavy atom. The van der Waals surface area contributed by atoms with Crippen LogP contribution in [0.25, 0.3) is 22.2 Å². The Morgan fingerprint density at radius 2 is 1.79 bits per heavy atom. The molecule has 0 aliphatic carbocycles. The molecule has 6 heteroatoms. The first kappa shape index (κ1) is 18.1. The molecule has 2 aromatic carbocycles. The van der Waals surface area contributed by atoms with E-state index in [9.17, 15) is 0 Å². The van der Waals surface area contributed by atoms with Crippen molar-refractivity contribution < 1.29 is 0 Å². The van der Waals surface area contributed by atoms with Crippen LogP contribution in [0.4, 0.5) is 0 Å². The number of benzene rings is 2. The lowest BCUT2D eigenvalue weighted by molar-refractivity contribution is 0.748. The lowest BCUT2D eigenvalue weighted by Crippen LogP contribution is -1.99. The lowest BCUT2D eigenvalue weighted by atomic mass is 10.0. The predicted octanol–water partition coefficient (Wildman–Crippen LogP) is 6.84. The molecule has 0 spiro atoms. The van der Waals surface area contributed by atoms with Crippen molar-refractivity contribution in [2.45, 2.75) is 19.3 Å². The van der Waals surface area contributed by atoms with E-state index in [0.717, 1.165) is 45.9 Å². The van der Waals surface area contributed by atoms with Gasteiger partial charge in [-0.3, -0.25) is 0 Å². The third kappa shape index (κ3) is 3.61. The van der Waals surface area contributed by atoms with Gasteiger partial charge in [-0.1, -0.05) is 50.7 Å². The maximum absolute atomic E-state index is 6.44. The van der Waals surface area contributed by atoms with Gasteiger partial charge in [-0.25, -0.2) is 0 Å². The highest BCUT2D eigenvalue weighted by molar-refractivity contribution is 9.10. The number of fused-ring (bicyclic) bond motifs is 1. The Labute approximate surface area is 164 Å². The molecule has 0 aliphatic heterocycles. The van der Waals surface area contributed by atoms with E-state index < -0.39 is 0 Å². The van der Waals surface area contributed by atoms with Crippen molar-refractivity contribution >= 4 is 61.6 Å². The molecule has 0 unspecified atom stereocenters. The Bertz CT molecular complexity index is 890. The third-order valence-electron chi connectivity index (χ3n) is 4.01. The van der Waals surface area contributed by atoms with Crippen molar-refractivity contribution in [2.75, 3.05) is 6.54 Å². The fraction of sp³-hybridized carbons (Fsp3) is 0.222. The van der Waals surface area contributed by atoms with Crippen LogP contribution in [0.2, 0.25) is 15.1 Å². The second kappa shape index (κ2) is 7.67. The van der Waals surface area contributed by atoms with Gasteiger partial charge in [0.15, 0.2) is 0 Å². The molecular weight excluding hydrogens is 430 g/mol. The molecule has 0 fully saturated rings. The molecule has 3 N–H and O–H groups in total. The summed E-state index contributed by atoms with van der Waals surface area (Å²) in [5, 5.41) is 2.95. The maximum Gasteiger partial charge on any atom is 0.0662 e. The first-order chi connectivity index (χ1) is 11.5. The number of hydrogen-bond donors (Lipinski definition) is 2. The van der Waals surface area contributed by atoms with Gasteiger partial charge < -0.3 is 10.7 Å². The molecule has 24 heavy (non-hydrogen) atoms. The molecule has 1 aromatic heterocycles. The first-order valence-electron chi connectivity index (χ1n) is 7.66. The van der Waals surface area contributed by atoms with Crippen molar-refractivity contribution in [1.82, 2.24) is 4.98 Å². The summed E-state index contributed by atoms with van der Waals surface area (Å²) in [6, 6.07) is 9.51. The van der Waals surface area contributed by atoms with Crippen LogP contribution in [-0.2, 0) is 6.42 Å². The number of halogens is 4. The fourth-order valence-electron chi connectivity index (χ4n) is 2.90. The molecule has 0 amide bonds. The van der Waals surface area contributed by atoms with Crippen molar-refractivity contribution in [3.05, 3.63) is 55.4 Å². The van der Waals surface area contributed by atoms with E-state index in [-0.39, 0.29) is 0 Å². The zero-order valence-electron chi connectivity index (χ0n) is 12.8. The van der Waals surface area contributed by atoms with Gasteiger partial charge in [-0.2, -0.15) is 0 Å². The summed E-state index contributed by atoms with van der Waals surface area (Å²) in [7, 11) is 0. The smallest absolute Gasteiger partial charge is 0.0662 e. The van der Waals surface area contributed by atoms with Crippen LogP contribution in [0.5, 0.6) is 0 Å². The fourth-order valence-corrected chi connectivity index (χ4v) is 4.01. The number of nitrogens with two attached hydrogens (primary N) is 1. The van der Waals surface area contributed by atoms with E-state index in [2.05, 4.69) is 20.9 Å². The van der Waals surface area contributed by atoms with Gasteiger partial charge in [0.25, 0.3) is 0 Å². The summed E-state index contributed by atoms with van der Waals surface area (Å²) in [5.74, 6) is 0. The van der Waals surface area contributed by atoms with Crippen LogP contribution in [0.15, 0.2) is 34.8 Å². The van der Waals surface area contributed by atoms with E-state index in [1.165, 1.54) is 5.56 Å². The quantitative estimate of drug-likeness (QED) is 0.414. The zero-order chi connectivity index (χ0) is 17.3. The average Bonchev–Trinajstić information content (AvgIpc) is 2.89. The standard InChI is InChI=1S/C18H16BrCl3N2/c19-10-4-5-15(21)14(7-10)17-12(3-1-2-6-23)13-8-11(20)9-16(22)18(13)24-17/h4-5,7-9,24H,1-3,6,23H2. The van der Waals surface area contributed by atoms with Crippen LogP contribution in [0.3, 0.4) is 0 Å². The average molecular weight is 447 g/mol. The Kier molecular flexibility index (Phi) is 5.78. The number of aromatic amines is 1. The van der Waals surface area contributed by atoms with Crippen molar-refractivity contribution in [3.8, 4) is 11.3 Å². The Morgan fingerprint density at radius 3 is 2.54 bits per heavy atom. The van der Waals surface area contributed by atoms with Crippen LogP contribution in [-0.4, -0.2) is 11.5 Å². The highest BCUT2D eigenvalue weighted by Crippen LogP contribution is 2.39. The number of nitrogens with one attached hydrogen (secondary N) is 1. The van der Waals surface area contributed by atoms with Gasteiger partial charge in [0.05, 0.1) is 16.2 Å². The minimum Gasteiger partial charge on any atom is -0.353 e. The van der Waals surface area contributed by atoms with Gasteiger partial charge in [0.1, 0.15) is 0 Å². The minimum absolute atomic E-state index is 0.606. The van der Waals surface area contributed by atoms with Crippen molar-refractivity contribution in [2.24, 2.45) is 5.73 Å². The van der Waals surface area contributed by atoms with Gasteiger partial charge in [0.2, 0.25) is 0 Å². The van der Waals surface area contributed by atoms with E-state index in [0.29, 0.717) is 21.6 Å². The van der Waals surface area contributed by atoms with Crippen molar-refractivity contribution in [1.29, 1.82) is 0 Å². The van der Waals surface area contributed by atoms with Gasteiger partial charge in [-0.15, -0.1) is 0 Å². The Hall–Kier alpha value is -0.710. The summed E-state index contributed by atoms with van der Waals surface area (Å²) in [6.45, 7) is 0.677.